The molecule has 0 fully saturated rings. The Labute approximate surface area is 98.1 Å². The molecule has 0 saturated carbocycles. The largest absolute Gasteiger partial charge is 0.313 e. The standard InChI is InChI=1S/C12H9ClN2O/c13-11-3-1-2-9(6-11)10-4-5-12(14-7-10)15-8-16/h1-8H,(H,14,15,16). The Morgan fingerprint density at radius 1 is 1.19 bits per heavy atom. The zero-order chi connectivity index (χ0) is 11.4. The number of nitrogens with zero attached hydrogens (tertiary/aromatic N) is 1. The van der Waals surface area contributed by atoms with Crippen molar-refractivity contribution in [1.29, 1.82) is 0 Å². The molecule has 0 radical (unpaired) electrons. The summed E-state index contributed by atoms with van der Waals surface area (Å²) in [7, 11) is 0. The van der Waals surface area contributed by atoms with E-state index in [1.54, 1.807) is 12.3 Å². The van der Waals surface area contributed by atoms with Crippen LogP contribution in [0.2, 0.25) is 5.02 Å². The van der Waals surface area contributed by atoms with Gasteiger partial charge in [-0.05, 0) is 29.8 Å². The number of carbonyl (C=O) groups is 1. The molecule has 4 heteroatoms. The number of halogens is 1. The molecule has 1 N–H and O–H groups in total. The molecule has 16 heavy (non-hydrogen) atoms. The lowest BCUT2D eigenvalue weighted by molar-refractivity contribution is -0.105. The van der Waals surface area contributed by atoms with Crippen molar-refractivity contribution in [2.45, 2.75) is 0 Å². The summed E-state index contributed by atoms with van der Waals surface area (Å²) >= 11 is 5.90. The molecule has 0 aliphatic heterocycles. The molecule has 1 amide bonds. The third-order valence-electron chi connectivity index (χ3n) is 2.13. The summed E-state index contributed by atoms with van der Waals surface area (Å²) in [5.74, 6) is 0.528. The summed E-state index contributed by atoms with van der Waals surface area (Å²) in [6, 6.07) is 11.1. The third kappa shape index (κ3) is 2.38. The SMILES string of the molecule is O=CNc1ccc(-c2cccc(Cl)c2)cn1. The molecule has 1 aromatic carbocycles. The van der Waals surface area contributed by atoms with Crippen molar-refractivity contribution in [3.05, 3.63) is 47.6 Å². The average Bonchev–Trinajstić information content (AvgIpc) is 2.30. The van der Waals surface area contributed by atoms with Crippen LogP contribution < -0.4 is 5.32 Å². The number of aromatic nitrogens is 1. The normalized spacial score (nSPS) is 9.81. The number of anilines is 1. The minimum absolute atomic E-state index is 0.528. The maximum absolute atomic E-state index is 10.2. The topological polar surface area (TPSA) is 42.0 Å². The predicted octanol–water partition coefficient (Wildman–Crippen LogP) is 2.97. The Morgan fingerprint density at radius 3 is 2.69 bits per heavy atom. The van der Waals surface area contributed by atoms with E-state index in [1.807, 2.05) is 30.3 Å². The fourth-order valence-electron chi connectivity index (χ4n) is 1.38. The van der Waals surface area contributed by atoms with E-state index in [9.17, 15) is 4.79 Å². The van der Waals surface area contributed by atoms with E-state index in [0.717, 1.165) is 11.1 Å². The van der Waals surface area contributed by atoms with Gasteiger partial charge in [0.15, 0.2) is 0 Å². The molecule has 3 nitrogen and oxygen atoms in total. The molecule has 0 bridgehead atoms. The smallest absolute Gasteiger partial charge is 0.212 e. The number of benzene rings is 1. The lowest BCUT2D eigenvalue weighted by Gasteiger charge is -2.03. The maximum atomic E-state index is 10.2. The summed E-state index contributed by atoms with van der Waals surface area (Å²) in [5.41, 5.74) is 1.96. The van der Waals surface area contributed by atoms with Crippen molar-refractivity contribution in [3.8, 4) is 11.1 Å². The zero-order valence-electron chi connectivity index (χ0n) is 8.35. The van der Waals surface area contributed by atoms with Gasteiger partial charge in [0.1, 0.15) is 5.82 Å². The fraction of sp³-hybridized carbons (Fsp3) is 0. The van der Waals surface area contributed by atoms with Gasteiger partial charge in [-0.2, -0.15) is 0 Å². The van der Waals surface area contributed by atoms with Crippen molar-refractivity contribution in [1.82, 2.24) is 4.98 Å². The van der Waals surface area contributed by atoms with Gasteiger partial charge in [0.2, 0.25) is 6.41 Å². The van der Waals surface area contributed by atoms with Crippen LogP contribution in [0.3, 0.4) is 0 Å². The monoisotopic (exact) mass is 232 g/mol. The molecule has 1 aromatic heterocycles. The van der Waals surface area contributed by atoms with Crippen molar-refractivity contribution < 1.29 is 4.79 Å². The number of pyridine rings is 1. The van der Waals surface area contributed by atoms with Crippen LogP contribution in [0.5, 0.6) is 0 Å². The van der Waals surface area contributed by atoms with Crippen LogP contribution in [0.25, 0.3) is 11.1 Å². The molecule has 2 rings (SSSR count). The number of hydrogen-bond acceptors (Lipinski definition) is 2. The van der Waals surface area contributed by atoms with Gasteiger partial charge in [-0.3, -0.25) is 4.79 Å². The van der Waals surface area contributed by atoms with Gasteiger partial charge in [0.05, 0.1) is 0 Å². The highest BCUT2D eigenvalue weighted by molar-refractivity contribution is 6.30. The van der Waals surface area contributed by atoms with Crippen LogP contribution in [0.15, 0.2) is 42.6 Å². The van der Waals surface area contributed by atoms with Crippen LogP contribution in [-0.2, 0) is 4.79 Å². The van der Waals surface area contributed by atoms with Crippen molar-refractivity contribution in [2.75, 3.05) is 5.32 Å². The Balaban J connectivity index is 2.31. The van der Waals surface area contributed by atoms with Crippen molar-refractivity contribution in [2.24, 2.45) is 0 Å². The lowest BCUT2D eigenvalue weighted by atomic mass is 10.1. The summed E-state index contributed by atoms with van der Waals surface area (Å²) in [6.07, 6.45) is 2.29. The predicted molar refractivity (Wildman–Crippen MR) is 64.4 cm³/mol. The first-order chi connectivity index (χ1) is 7.79. The van der Waals surface area contributed by atoms with Gasteiger partial charge in [-0.1, -0.05) is 23.7 Å². The van der Waals surface area contributed by atoms with E-state index in [-0.39, 0.29) is 0 Å². The average molecular weight is 233 g/mol. The first-order valence-corrected chi connectivity index (χ1v) is 5.09. The second-order valence-electron chi connectivity index (χ2n) is 3.20. The molecular formula is C12H9ClN2O. The Morgan fingerprint density at radius 2 is 2.06 bits per heavy atom. The van der Waals surface area contributed by atoms with E-state index in [1.165, 1.54) is 0 Å². The van der Waals surface area contributed by atoms with Crippen LogP contribution >= 0.6 is 11.6 Å². The molecule has 1 heterocycles. The third-order valence-corrected chi connectivity index (χ3v) is 2.36. The Kier molecular flexibility index (Phi) is 3.17. The number of carbonyl (C=O) groups excluding carboxylic acids is 1. The van der Waals surface area contributed by atoms with Crippen LogP contribution in [0, 0.1) is 0 Å². The summed E-state index contributed by atoms with van der Waals surface area (Å²) in [4.78, 5) is 14.3. The van der Waals surface area contributed by atoms with Crippen LogP contribution in [0.4, 0.5) is 5.82 Å². The highest BCUT2D eigenvalue weighted by Gasteiger charge is 1.99. The molecule has 0 aliphatic rings. The zero-order valence-corrected chi connectivity index (χ0v) is 9.11. The minimum Gasteiger partial charge on any atom is -0.313 e. The van der Waals surface area contributed by atoms with E-state index in [2.05, 4.69) is 10.3 Å². The molecule has 0 saturated heterocycles. The Hall–Kier alpha value is -1.87. The van der Waals surface area contributed by atoms with Crippen molar-refractivity contribution in [3.63, 3.8) is 0 Å². The molecule has 0 unspecified atom stereocenters. The summed E-state index contributed by atoms with van der Waals surface area (Å²) < 4.78 is 0. The fourth-order valence-corrected chi connectivity index (χ4v) is 1.57. The first-order valence-electron chi connectivity index (χ1n) is 4.72. The number of nitrogens with one attached hydrogen (secondary N) is 1. The van der Waals surface area contributed by atoms with Crippen LogP contribution in [0.1, 0.15) is 0 Å². The van der Waals surface area contributed by atoms with E-state index in [4.69, 9.17) is 11.6 Å². The number of rotatable bonds is 3. The molecule has 80 valence electrons. The maximum Gasteiger partial charge on any atom is 0.212 e. The summed E-state index contributed by atoms with van der Waals surface area (Å²) in [6.45, 7) is 0. The minimum atomic E-state index is 0.528. The van der Waals surface area contributed by atoms with Crippen LogP contribution in [-0.4, -0.2) is 11.4 Å². The highest BCUT2D eigenvalue weighted by Crippen LogP contribution is 2.22. The van der Waals surface area contributed by atoms with E-state index in [0.29, 0.717) is 17.3 Å². The van der Waals surface area contributed by atoms with E-state index < -0.39 is 0 Å². The first kappa shape index (κ1) is 10.6. The van der Waals surface area contributed by atoms with Gasteiger partial charge in [0, 0.05) is 16.8 Å². The quantitative estimate of drug-likeness (QED) is 0.827. The van der Waals surface area contributed by atoms with Crippen molar-refractivity contribution >= 4 is 23.8 Å². The summed E-state index contributed by atoms with van der Waals surface area (Å²) in [5, 5.41) is 3.17. The second kappa shape index (κ2) is 4.77. The van der Waals surface area contributed by atoms with Gasteiger partial charge in [0.25, 0.3) is 0 Å². The van der Waals surface area contributed by atoms with Gasteiger partial charge >= 0.3 is 0 Å². The Bertz CT molecular complexity index is 497. The molecule has 2 aromatic rings. The lowest BCUT2D eigenvalue weighted by Crippen LogP contribution is -1.95. The second-order valence-corrected chi connectivity index (χ2v) is 3.64. The number of amides is 1. The van der Waals surface area contributed by atoms with E-state index >= 15 is 0 Å². The van der Waals surface area contributed by atoms with Gasteiger partial charge in [-0.15, -0.1) is 0 Å². The van der Waals surface area contributed by atoms with Gasteiger partial charge < -0.3 is 5.32 Å². The van der Waals surface area contributed by atoms with Gasteiger partial charge in [-0.25, -0.2) is 4.98 Å². The molecule has 0 aliphatic carbocycles. The molecule has 0 atom stereocenters. The molecular weight excluding hydrogens is 224 g/mol. The highest BCUT2D eigenvalue weighted by atomic mass is 35.5. The molecule has 0 spiro atoms. The number of hydrogen-bond donors (Lipinski definition) is 1.